The monoisotopic (exact) mass is 536 g/mol. The van der Waals surface area contributed by atoms with E-state index in [9.17, 15) is 14.4 Å². The van der Waals surface area contributed by atoms with Crippen molar-refractivity contribution >= 4 is 29.1 Å². The maximum Gasteiger partial charge on any atom is 0.250 e. The third kappa shape index (κ3) is 7.35. The van der Waals surface area contributed by atoms with Gasteiger partial charge in [0.1, 0.15) is 12.1 Å². The lowest BCUT2D eigenvalue weighted by Crippen LogP contribution is -2.58. The number of rotatable bonds is 12. The number of hydrogen-bond donors (Lipinski definition) is 3. The molecule has 0 spiro atoms. The van der Waals surface area contributed by atoms with Crippen LogP contribution in [0.1, 0.15) is 59.2 Å². The molecule has 9 nitrogen and oxygen atoms in total. The predicted molar refractivity (Wildman–Crippen MR) is 155 cm³/mol. The van der Waals surface area contributed by atoms with Gasteiger partial charge in [-0.2, -0.15) is 0 Å². The molecule has 4 N–H and O–H groups in total. The van der Waals surface area contributed by atoms with E-state index in [2.05, 4.69) is 34.4 Å². The first kappa shape index (κ1) is 30.1. The van der Waals surface area contributed by atoms with Gasteiger partial charge in [-0.1, -0.05) is 45.9 Å². The molecular formula is C30H44N6O3. The van der Waals surface area contributed by atoms with Crippen LogP contribution in [0.25, 0.3) is 0 Å². The summed E-state index contributed by atoms with van der Waals surface area (Å²) in [5.74, 6) is -0.866. The number of fused-ring (bicyclic) bond motifs is 1. The van der Waals surface area contributed by atoms with Gasteiger partial charge in [0.2, 0.25) is 17.7 Å². The molecule has 212 valence electrons. The molecule has 3 atom stereocenters. The Labute approximate surface area is 232 Å². The van der Waals surface area contributed by atoms with E-state index < -0.39 is 18.1 Å². The molecule has 3 unspecified atom stereocenters. The Morgan fingerprint density at radius 1 is 1.08 bits per heavy atom. The first-order valence-electron chi connectivity index (χ1n) is 14.0. The maximum absolute atomic E-state index is 14.0. The summed E-state index contributed by atoms with van der Waals surface area (Å²) in [6, 6.07) is 9.39. The van der Waals surface area contributed by atoms with Gasteiger partial charge in [0.05, 0.1) is 29.7 Å². The SMILES string of the molecule is CCN(CC)c1cccc2c1N(Cc1ccccn1)C(=O)C(NC(=O)C(CC(C)C)NC(=O)C(N)C(C)C)C2. The Bertz CT molecular complexity index is 1130. The number of amides is 3. The van der Waals surface area contributed by atoms with Crippen molar-refractivity contribution in [3.8, 4) is 0 Å². The fourth-order valence-corrected chi connectivity index (χ4v) is 4.95. The van der Waals surface area contributed by atoms with Gasteiger partial charge in [0, 0.05) is 25.7 Å². The highest BCUT2D eigenvalue weighted by Gasteiger charge is 2.37. The van der Waals surface area contributed by atoms with Gasteiger partial charge in [0.25, 0.3) is 0 Å². The number of hydrogen-bond acceptors (Lipinski definition) is 6. The van der Waals surface area contributed by atoms with Crippen LogP contribution in [0.5, 0.6) is 0 Å². The van der Waals surface area contributed by atoms with E-state index in [-0.39, 0.29) is 36.1 Å². The number of carbonyl (C=O) groups is 3. The van der Waals surface area contributed by atoms with Crippen molar-refractivity contribution < 1.29 is 14.4 Å². The topological polar surface area (TPSA) is 121 Å². The third-order valence-electron chi connectivity index (χ3n) is 7.18. The molecule has 0 radical (unpaired) electrons. The second-order valence-corrected chi connectivity index (χ2v) is 10.9. The molecule has 3 amide bonds. The lowest BCUT2D eigenvalue weighted by molar-refractivity contribution is -0.132. The van der Waals surface area contributed by atoms with E-state index in [4.69, 9.17) is 5.73 Å². The summed E-state index contributed by atoms with van der Waals surface area (Å²) in [5, 5.41) is 5.79. The Morgan fingerprint density at radius 2 is 1.79 bits per heavy atom. The van der Waals surface area contributed by atoms with Crippen molar-refractivity contribution in [1.29, 1.82) is 0 Å². The van der Waals surface area contributed by atoms with Crippen LogP contribution in [0.3, 0.4) is 0 Å². The molecule has 1 aromatic heterocycles. The van der Waals surface area contributed by atoms with Crippen molar-refractivity contribution in [2.75, 3.05) is 22.9 Å². The van der Waals surface area contributed by atoms with Crippen LogP contribution in [0.15, 0.2) is 42.6 Å². The second kappa shape index (κ2) is 13.6. The van der Waals surface area contributed by atoms with Crippen molar-refractivity contribution in [3.05, 3.63) is 53.9 Å². The number of aromatic nitrogens is 1. The molecule has 0 bridgehead atoms. The van der Waals surface area contributed by atoms with Gasteiger partial charge >= 0.3 is 0 Å². The van der Waals surface area contributed by atoms with E-state index in [1.165, 1.54) is 0 Å². The number of anilines is 2. The van der Waals surface area contributed by atoms with Crippen LogP contribution < -0.4 is 26.2 Å². The van der Waals surface area contributed by atoms with Crippen LogP contribution in [0.4, 0.5) is 11.4 Å². The number of benzene rings is 1. The minimum absolute atomic E-state index is 0.0654. The molecule has 2 heterocycles. The number of nitrogens with one attached hydrogen (secondary N) is 2. The normalized spacial score (nSPS) is 16.6. The number of pyridine rings is 1. The van der Waals surface area contributed by atoms with Crippen molar-refractivity contribution in [2.24, 2.45) is 17.6 Å². The first-order chi connectivity index (χ1) is 18.6. The van der Waals surface area contributed by atoms with Gasteiger partial charge < -0.3 is 26.2 Å². The molecule has 0 aliphatic carbocycles. The molecule has 2 aromatic rings. The van der Waals surface area contributed by atoms with Gasteiger partial charge in [-0.3, -0.25) is 19.4 Å². The Hall–Kier alpha value is -3.46. The van der Waals surface area contributed by atoms with Gasteiger partial charge in [-0.15, -0.1) is 0 Å². The van der Waals surface area contributed by atoms with E-state index in [1.807, 2.05) is 64.1 Å². The summed E-state index contributed by atoms with van der Waals surface area (Å²) in [4.78, 5) is 48.6. The fraction of sp³-hybridized carbons (Fsp3) is 0.533. The van der Waals surface area contributed by atoms with Gasteiger partial charge in [-0.05, 0) is 55.9 Å². The number of carbonyl (C=O) groups excluding carboxylic acids is 3. The number of nitrogens with two attached hydrogens (primary N) is 1. The van der Waals surface area contributed by atoms with Crippen LogP contribution >= 0.6 is 0 Å². The highest BCUT2D eigenvalue weighted by molar-refractivity contribution is 6.05. The summed E-state index contributed by atoms with van der Waals surface area (Å²) in [5.41, 5.74) is 9.61. The Morgan fingerprint density at radius 3 is 2.38 bits per heavy atom. The predicted octanol–water partition coefficient (Wildman–Crippen LogP) is 3.02. The summed E-state index contributed by atoms with van der Waals surface area (Å²) < 4.78 is 0. The number of para-hydroxylation sites is 1. The molecule has 39 heavy (non-hydrogen) atoms. The zero-order valence-corrected chi connectivity index (χ0v) is 24.1. The first-order valence-corrected chi connectivity index (χ1v) is 14.0. The van der Waals surface area contributed by atoms with E-state index in [1.54, 1.807) is 11.1 Å². The molecule has 9 heteroatoms. The van der Waals surface area contributed by atoms with E-state index in [0.29, 0.717) is 12.8 Å². The maximum atomic E-state index is 14.0. The summed E-state index contributed by atoms with van der Waals surface area (Å²) in [7, 11) is 0. The van der Waals surface area contributed by atoms with Crippen LogP contribution in [0, 0.1) is 11.8 Å². The van der Waals surface area contributed by atoms with E-state index in [0.717, 1.165) is 35.7 Å². The molecule has 0 saturated carbocycles. The van der Waals surface area contributed by atoms with Crippen molar-refractivity contribution in [1.82, 2.24) is 15.6 Å². The quantitative estimate of drug-likeness (QED) is 0.384. The summed E-state index contributed by atoms with van der Waals surface area (Å²) in [6.07, 6.45) is 2.51. The standard InChI is InChI=1S/C30H44N6O3/c1-7-35(8-2)25-14-11-12-21-17-24(30(39)36(27(21)25)18-22-13-9-10-15-32-22)34-28(37)23(16-19(3)4)33-29(38)26(31)20(5)6/h9-15,19-20,23-24,26H,7-8,16-18,31H2,1-6H3,(H,33,38)(H,34,37). The van der Waals surface area contributed by atoms with Crippen LogP contribution in [-0.4, -0.2) is 53.9 Å². The third-order valence-corrected chi connectivity index (χ3v) is 7.18. The zero-order chi connectivity index (χ0) is 28.7. The minimum Gasteiger partial charge on any atom is -0.370 e. The molecule has 0 fully saturated rings. The molecule has 1 aliphatic heterocycles. The highest BCUT2D eigenvalue weighted by Crippen LogP contribution is 2.38. The Balaban J connectivity index is 1.94. The van der Waals surface area contributed by atoms with Gasteiger partial charge in [0.15, 0.2) is 0 Å². The molecule has 1 aliphatic rings. The second-order valence-electron chi connectivity index (χ2n) is 10.9. The largest absolute Gasteiger partial charge is 0.370 e. The van der Waals surface area contributed by atoms with Crippen LogP contribution in [-0.2, 0) is 27.3 Å². The zero-order valence-electron chi connectivity index (χ0n) is 24.1. The van der Waals surface area contributed by atoms with Gasteiger partial charge in [-0.25, -0.2) is 0 Å². The molecule has 3 rings (SSSR count). The molecule has 1 aromatic carbocycles. The fourth-order valence-electron chi connectivity index (χ4n) is 4.95. The van der Waals surface area contributed by atoms with Crippen molar-refractivity contribution in [2.45, 2.75) is 79.1 Å². The molecule has 0 saturated heterocycles. The van der Waals surface area contributed by atoms with Crippen molar-refractivity contribution in [3.63, 3.8) is 0 Å². The lowest BCUT2D eigenvalue weighted by Gasteiger charge is -2.38. The average Bonchev–Trinajstić information content (AvgIpc) is 2.91. The number of nitrogens with zero attached hydrogens (tertiary/aromatic N) is 3. The minimum atomic E-state index is -0.789. The highest BCUT2D eigenvalue weighted by atomic mass is 16.2. The lowest BCUT2D eigenvalue weighted by atomic mass is 9.94. The molecular weight excluding hydrogens is 492 g/mol. The smallest absolute Gasteiger partial charge is 0.250 e. The average molecular weight is 537 g/mol. The Kier molecular flexibility index (Phi) is 10.5. The summed E-state index contributed by atoms with van der Waals surface area (Å²) in [6.45, 7) is 13.8. The van der Waals surface area contributed by atoms with E-state index >= 15 is 0 Å². The van der Waals surface area contributed by atoms with Crippen LogP contribution in [0.2, 0.25) is 0 Å². The summed E-state index contributed by atoms with van der Waals surface area (Å²) >= 11 is 0.